The summed E-state index contributed by atoms with van der Waals surface area (Å²) in [7, 11) is 1.73. The van der Waals surface area contributed by atoms with Gasteiger partial charge in [0, 0.05) is 24.1 Å². The summed E-state index contributed by atoms with van der Waals surface area (Å²) < 4.78 is 5.27. The summed E-state index contributed by atoms with van der Waals surface area (Å²) in [6.07, 6.45) is 5.12. The van der Waals surface area contributed by atoms with E-state index in [1.165, 1.54) is 31.2 Å². The monoisotopic (exact) mass is 304 g/mol. The van der Waals surface area contributed by atoms with Gasteiger partial charge in [0.15, 0.2) is 5.17 Å². The lowest BCUT2D eigenvalue weighted by Crippen LogP contribution is -2.32. The summed E-state index contributed by atoms with van der Waals surface area (Å²) in [5.74, 6) is 2.00. The van der Waals surface area contributed by atoms with E-state index in [2.05, 4.69) is 30.4 Å². The first kappa shape index (κ1) is 14.9. The third-order valence-electron chi connectivity index (χ3n) is 4.58. The van der Waals surface area contributed by atoms with Crippen LogP contribution in [0.3, 0.4) is 0 Å². The van der Waals surface area contributed by atoms with Crippen molar-refractivity contribution in [2.75, 3.05) is 18.2 Å². The van der Waals surface area contributed by atoms with E-state index in [1.54, 1.807) is 7.11 Å². The number of anilines is 1. The van der Waals surface area contributed by atoms with Gasteiger partial charge in [-0.15, -0.1) is 0 Å². The maximum atomic E-state index is 5.27. The van der Waals surface area contributed by atoms with Crippen molar-refractivity contribution >= 4 is 22.6 Å². The van der Waals surface area contributed by atoms with Gasteiger partial charge in [-0.3, -0.25) is 4.99 Å². The summed E-state index contributed by atoms with van der Waals surface area (Å²) in [6, 6.07) is 8.31. The molecule has 4 heteroatoms. The van der Waals surface area contributed by atoms with Crippen molar-refractivity contribution in [2.45, 2.75) is 44.8 Å². The van der Waals surface area contributed by atoms with Gasteiger partial charge in [-0.05, 0) is 37.7 Å². The molecule has 0 saturated heterocycles. The maximum absolute atomic E-state index is 5.27. The van der Waals surface area contributed by atoms with E-state index in [-0.39, 0.29) is 5.54 Å². The van der Waals surface area contributed by atoms with Gasteiger partial charge in [0.25, 0.3) is 0 Å². The number of nitrogens with zero attached hydrogens (tertiary/aromatic N) is 1. The zero-order valence-corrected chi connectivity index (χ0v) is 13.7. The highest BCUT2D eigenvalue weighted by atomic mass is 32.2. The predicted octanol–water partition coefficient (Wildman–Crippen LogP) is 4.30. The lowest BCUT2D eigenvalue weighted by Gasteiger charge is -2.32. The second kappa shape index (κ2) is 6.41. The molecule has 1 aliphatic heterocycles. The fourth-order valence-corrected chi connectivity index (χ4v) is 4.34. The van der Waals surface area contributed by atoms with Crippen molar-refractivity contribution in [2.24, 2.45) is 10.9 Å². The second-order valence-electron chi connectivity index (χ2n) is 6.33. The molecule has 0 atom stereocenters. The topological polar surface area (TPSA) is 33.6 Å². The van der Waals surface area contributed by atoms with Crippen LogP contribution in [0.1, 0.15) is 38.2 Å². The molecule has 2 aliphatic rings. The predicted molar refractivity (Wildman–Crippen MR) is 91.0 cm³/mol. The number of hydrogen-bond donors (Lipinski definition) is 1. The zero-order valence-electron chi connectivity index (χ0n) is 12.9. The largest absolute Gasteiger partial charge is 0.380 e. The number of amidine groups is 1. The molecule has 1 aromatic carbocycles. The number of hydrogen-bond acceptors (Lipinski definition) is 4. The van der Waals surface area contributed by atoms with Crippen molar-refractivity contribution in [3.05, 3.63) is 29.8 Å². The average molecular weight is 304 g/mol. The highest BCUT2D eigenvalue weighted by Gasteiger charge is 2.38. The van der Waals surface area contributed by atoms with E-state index in [9.17, 15) is 0 Å². The Hall–Kier alpha value is -1.000. The smallest absolute Gasteiger partial charge is 0.161 e. The number of nitrogens with one attached hydrogen (secondary N) is 1. The summed E-state index contributed by atoms with van der Waals surface area (Å²) in [5.41, 5.74) is 2.50. The molecule has 0 aromatic heterocycles. The van der Waals surface area contributed by atoms with E-state index in [4.69, 9.17) is 9.73 Å². The van der Waals surface area contributed by atoms with E-state index < -0.39 is 0 Å². The molecule has 0 amide bonds. The van der Waals surface area contributed by atoms with Crippen LogP contribution in [-0.2, 0) is 11.3 Å². The number of thioether (sulfide) groups is 1. The van der Waals surface area contributed by atoms with E-state index >= 15 is 0 Å². The molecule has 1 saturated carbocycles. The molecule has 1 heterocycles. The van der Waals surface area contributed by atoms with Gasteiger partial charge in [0.2, 0.25) is 0 Å². The third kappa shape index (κ3) is 3.43. The fraction of sp³-hybridized carbons (Fsp3) is 0.588. The van der Waals surface area contributed by atoms with Gasteiger partial charge in [-0.2, -0.15) is 0 Å². The van der Waals surface area contributed by atoms with Crippen molar-refractivity contribution in [3.63, 3.8) is 0 Å². The molecule has 1 aromatic rings. The molecular formula is C17H24N2OS. The van der Waals surface area contributed by atoms with Gasteiger partial charge < -0.3 is 10.1 Å². The molecule has 0 radical (unpaired) electrons. The van der Waals surface area contributed by atoms with Crippen LogP contribution in [0.5, 0.6) is 0 Å². The standard InChI is InChI=1S/C17H24N2OS/c1-13-7-9-17(10-8-13)12-21-16(19-17)18-15-6-4-3-5-14(15)11-20-2/h3-6,13H,7-12H2,1-2H3,(H,18,19). The van der Waals surface area contributed by atoms with Crippen LogP contribution >= 0.6 is 11.8 Å². The molecular weight excluding hydrogens is 280 g/mol. The Morgan fingerprint density at radius 2 is 2.10 bits per heavy atom. The highest BCUT2D eigenvalue weighted by molar-refractivity contribution is 8.14. The average Bonchev–Trinajstić information content (AvgIpc) is 2.88. The summed E-state index contributed by atoms with van der Waals surface area (Å²) in [5, 5.41) is 4.59. The van der Waals surface area contributed by atoms with Crippen LogP contribution in [-0.4, -0.2) is 23.6 Å². The van der Waals surface area contributed by atoms with Gasteiger partial charge in [-0.1, -0.05) is 36.9 Å². The number of aliphatic imine (C=N–C) groups is 1. The van der Waals surface area contributed by atoms with Gasteiger partial charge in [0.1, 0.15) is 0 Å². The zero-order chi connectivity index (χ0) is 14.7. The Labute approximate surface area is 131 Å². The Morgan fingerprint density at radius 1 is 1.33 bits per heavy atom. The lowest BCUT2D eigenvalue weighted by molar-refractivity contribution is 0.185. The van der Waals surface area contributed by atoms with E-state index in [0.29, 0.717) is 6.61 Å². The molecule has 0 bridgehead atoms. The normalized spacial score (nSPS) is 28.7. The van der Waals surface area contributed by atoms with Gasteiger partial charge in [-0.25, -0.2) is 0 Å². The lowest BCUT2D eigenvalue weighted by atomic mass is 9.79. The number of rotatable bonds is 3. The Kier molecular flexibility index (Phi) is 4.55. The summed E-state index contributed by atoms with van der Waals surface area (Å²) in [4.78, 5) is 5.04. The van der Waals surface area contributed by atoms with Crippen molar-refractivity contribution < 1.29 is 4.74 Å². The molecule has 3 nitrogen and oxygen atoms in total. The van der Waals surface area contributed by atoms with Crippen LogP contribution in [0.2, 0.25) is 0 Å². The van der Waals surface area contributed by atoms with Crippen LogP contribution in [0, 0.1) is 5.92 Å². The van der Waals surface area contributed by atoms with Crippen molar-refractivity contribution in [3.8, 4) is 0 Å². The fourth-order valence-electron chi connectivity index (χ4n) is 3.14. The Balaban J connectivity index is 1.71. The minimum atomic E-state index is 0.204. The minimum Gasteiger partial charge on any atom is -0.380 e. The number of benzene rings is 1. The number of ether oxygens (including phenoxy) is 1. The van der Waals surface area contributed by atoms with E-state index in [0.717, 1.165) is 22.5 Å². The first-order valence-electron chi connectivity index (χ1n) is 7.77. The summed E-state index contributed by atoms with van der Waals surface area (Å²) in [6.45, 7) is 2.99. The summed E-state index contributed by atoms with van der Waals surface area (Å²) >= 11 is 1.87. The van der Waals surface area contributed by atoms with E-state index in [1.807, 2.05) is 17.8 Å². The SMILES string of the molecule is COCc1ccccc1NC1=NC2(CCC(C)CC2)CS1. The molecule has 1 spiro atoms. The molecule has 21 heavy (non-hydrogen) atoms. The molecule has 1 fully saturated rings. The van der Waals surface area contributed by atoms with Crippen LogP contribution in [0.4, 0.5) is 5.69 Å². The number of methoxy groups -OCH3 is 1. The molecule has 114 valence electrons. The molecule has 0 unspecified atom stereocenters. The van der Waals surface area contributed by atoms with Gasteiger partial charge >= 0.3 is 0 Å². The quantitative estimate of drug-likeness (QED) is 0.904. The second-order valence-corrected chi connectivity index (χ2v) is 7.29. The molecule has 1 aliphatic carbocycles. The first-order chi connectivity index (χ1) is 10.2. The molecule has 1 N–H and O–H groups in total. The Morgan fingerprint density at radius 3 is 2.86 bits per heavy atom. The van der Waals surface area contributed by atoms with Crippen molar-refractivity contribution in [1.82, 2.24) is 0 Å². The number of para-hydroxylation sites is 1. The minimum absolute atomic E-state index is 0.204. The molecule has 3 rings (SSSR count). The van der Waals surface area contributed by atoms with Crippen LogP contribution in [0.15, 0.2) is 29.3 Å². The highest BCUT2D eigenvalue weighted by Crippen LogP contribution is 2.41. The van der Waals surface area contributed by atoms with Crippen LogP contribution < -0.4 is 5.32 Å². The third-order valence-corrected chi connectivity index (χ3v) is 5.73. The first-order valence-corrected chi connectivity index (χ1v) is 8.76. The Bertz CT molecular complexity index is 521. The maximum Gasteiger partial charge on any atom is 0.161 e. The van der Waals surface area contributed by atoms with Crippen molar-refractivity contribution in [1.29, 1.82) is 0 Å². The van der Waals surface area contributed by atoms with Crippen LogP contribution in [0.25, 0.3) is 0 Å². The van der Waals surface area contributed by atoms with Gasteiger partial charge in [0.05, 0.1) is 12.1 Å².